The highest BCUT2D eigenvalue weighted by Gasteiger charge is 2.46. The van der Waals surface area contributed by atoms with Crippen LogP contribution in [0.1, 0.15) is 99.3 Å². The van der Waals surface area contributed by atoms with Gasteiger partial charge in [0.25, 0.3) is 0 Å². The minimum atomic E-state index is -2.86. The van der Waals surface area contributed by atoms with E-state index in [1.165, 1.54) is 19.3 Å². The summed E-state index contributed by atoms with van der Waals surface area (Å²) in [5.41, 5.74) is 7.36. The predicted molar refractivity (Wildman–Crippen MR) is 431 cm³/mol. The third-order valence-corrected chi connectivity index (χ3v) is 37.0. The van der Waals surface area contributed by atoms with Crippen LogP contribution in [0.25, 0.3) is 0 Å². The molecule has 1 aliphatic carbocycles. The van der Waals surface area contributed by atoms with Crippen LogP contribution in [0.5, 0.6) is 0 Å². The van der Waals surface area contributed by atoms with Gasteiger partial charge in [-0.1, -0.05) is 13.2 Å². The molecule has 5 fully saturated rings. The van der Waals surface area contributed by atoms with Crippen LogP contribution >= 0.6 is 0 Å². The fourth-order valence-corrected chi connectivity index (χ4v) is 24.2. The predicted octanol–water partition coefficient (Wildman–Crippen LogP) is 8.50. The maximum absolute atomic E-state index is 11.1. The fraction of sp³-hybridized carbons (Fsp3) is 0.929. The average molecular weight is 1720 g/mol. The Hall–Kier alpha value is -0.772. The van der Waals surface area contributed by atoms with Gasteiger partial charge in [-0.3, -0.25) is 0 Å². The summed E-state index contributed by atoms with van der Waals surface area (Å²) in [6.07, 6.45) is 11.3. The molecular formula is C70H153NO32Si7. The van der Waals surface area contributed by atoms with Crippen LogP contribution in [0.3, 0.4) is 0 Å². The number of methoxy groups -OCH3 is 3. The molecule has 6 atom stereocenters. The molecular weight excluding hydrogens is 1560 g/mol. The molecule has 5 aliphatic rings. The zero-order valence-corrected chi connectivity index (χ0v) is 78.8. The van der Waals surface area contributed by atoms with Crippen molar-refractivity contribution < 1.29 is 145 Å². The van der Waals surface area contributed by atoms with Crippen molar-refractivity contribution in [1.29, 1.82) is 0 Å². The summed E-state index contributed by atoms with van der Waals surface area (Å²) in [7, 11) is 7.39. The molecule has 0 amide bonds. The second-order valence-corrected chi connectivity index (χ2v) is 46.2. The van der Waals surface area contributed by atoms with E-state index in [4.69, 9.17) is 146 Å². The topological polar surface area (TPSA) is 342 Å². The highest BCUT2D eigenvalue weighted by atomic mass is 28.4. The van der Waals surface area contributed by atoms with Crippen LogP contribution in [-0.4, -0.2) is 350 Å². The van der Waals surface area contributed by atoms with E-state index in [0.29, 0.717) is 148 Å². The van der Waals surface area contributed by atoms with Crippen LogP contribution in [0.15, 0.2) is 24.4 Å². The molecule has 4 aliphatic heterocycles. The van der Waals surface area contributed by atoms with Crippen molar-refractivity contribution in [2.24, 2.45) is 11.7 Å². The van der Waals surface area contributed by atoms with Gasteiger partial charge in [-0.15, -0.1) is 0 Å². The quantitative estimate of drug-likeness (QED) is 0.0196. The molecule has 0 radical (unpaired) electrons. The van der Waals surface area contributed by atoms with Crippen molar-refractivity contribution in [3.8, 4) is 0 Å². The molecule has 658 valence electrons. The molecule has 4 saturated heterocycles. The van der Waals surface area contributed by atoms with Gasteiger partial charge in [0.05, 0.1) is 98.1 Å². The first kappa shape index (κ1) is 111. The Morgan fingerprint density at radius 3 is 1.05 bits per heavy atom. The number of carbonyl (C=O) groups excluding carboxylic acids is 1. The summed E-state index contributed by atoms with van der Waals surface area (Å²) in [4.78, 5) is 11.1. The van der Waals surface area contributed by atoms with Crippen LogP contribution < -0.4 is 5.73 Å². The smallest absolute Gasteiger partial charge is 0.462 e. The highest BCUT2D eigenvalue weighted by Crippen LogP contribution is 2.42. The normalized spacial score (nSPS) is 18.5. The highest BCUT2D eigenvalue weighted by molar-refractivity contribution is 6.66. The maximum atomic E-state index is 11.1. The van der Waals surface area contributed by atoms with E-state index in [9.17, 15) is 4.79 Å². The van der Waals surface area contributed by atoms with E-state index in [1.807, 2.05) is 34.6 Å². The number of carbonyl (C=O) groups is 1. The first-order chi connectivity index (χ1) is 52.9. The van der Waals surface area contributed by atoms with E-state index in [0.717, 1.165) is 114 Å². The number of ether oxygens (including phenoxy) is 11. The molecule has 5 rings (SSSR count). The van der Waals surface area contributed by atoms with Crippen molar-refractivity contribution in [3.63, 3.8) is 0 Å². The molecule has 33 nitrogen and oxygen atoms in total. The number of epoxide rings is 4. The van der Waals surface area contributed by atoms with Gasteiger partial charge in [-0.05, 0) is 130 Å². The Morgan fingerprint density at radius 2 is 0.745 bits per heavy atom. The average Bonchev–Trinajstić information content (AvgIpc) is 1.66. The molecule has 0 aromatic heterocycles. The van der Waals surface area contributed by atoms with Crippen LogP contribution in [0.4, 0.5) is 0 Å². The van der Waals surface area contributed by atoms with Gasteiger partial charge in [0.1, 0.15) is 18.3 Å². The zero-order chi connectivity index (χ0) is 82.9. The molecule has 6 unspecified atom stereocenters. The van der Waals surface area contributed by atoms with E-state index < -0.39 is 61.4 Å². The molecule has 0 spiro atoms. The Kier molecular flexibility index (Phi) is 69.9. The van der Waals surface area contributed by atoms with Crippen molar-refractivity contribution >= 4 is 67.4 Å². The number of esters is 1. The van der Waals surface area contributed by atoms with Crippen LogP contribution in [-0.2, 0) is 145 Å². The van der Waals surface area contributed by atoms with Gasteiger partial charge < -0.3 is 146 Å². The Morgan fingerprint density at radius 1 is 0.418 bits per heavy atom. The Bertz CT molecular complexity index is 2050. The fourth-order valence-electron chi connectivity index (χ4n) is 10.6. The minimum Gasteiger partial charge on any atom is -0.462 e. The number of nitrogens with two attached hydrogens (primary N) is 1. The van der Waals surface area contributed by atoms with Gasteiger partial charge in [-0.25, -0.2) is 4.79 Å². The van der Waals surface area contributed by atoms with E-state index in [2.05, 4.69) is 19.7 Å². The molecule has 0 bridgehead atoms. The van der Waals surface area contributed by atoms with Gasteiger partial charge >= 0.3 is 67.4 Å². The summed E-state index contributed by atoms with van der Waals surface area (Å²) in [5.74, 6) is 0.385. The lowest BCUT2D eigenvalue weighted by Crippen LogP contribution is -2.46. The van der Waals surface area contributed by atoms with E-state index in [-0.39, 0.29) is 5.97 Å². The number of hydrogen-bond donors (Lipinski definition) is 1. The number of rotatable bonds is 64. The monoisotopic (exact) mass is 1720 g/mol. The van der Waals surface area contributed by atoms with Gasteiger partial charge in [0, 0.05) is 195 Å². The van der Waals surface area contributed by atoms with Crippen LogP contribution in [0, 0.1) is 5.92 Å². The largest absolute Gasteiger partial charge is 0.529 e. The third kappa shape index (κ3) is 53.6. The first-order valence-corrected chi connectivity index (χ1v) is 52.5. The molecule has 0 aromatic rings. The second-order valence-electron chi connectivity index (χ2n) is 25.2. The Balaban J connectivity index is 0. The van der Waals surface area contributed by atoms with E-state index in [1.54, 1.807) is 119 Å². The van der Waals surface area contributed by atoms with Gasteiger partial charge in [0.15, 0.2) is 0 Å². The first-order valence-electron chi connectivity index (χ1n) is 38.5. The lowest BCUT2D eigenvalue weighted by molar-refractivity contribution is -0.139. The molecule has 4 heterocycles. The van der Waals surface area contributed by atoms with Gasteiger partial charge in [0.2, 0.25) is 0 Å². The number of hydrogen-bond acceptors (Lipinski definition) is 33. The van der Waals surface area contributed by atoms with Crippen LogP contribution in [0.2, 0.25) is 42.8 Å². The Labute approximate surface area is 670 Å². The summed E-state index contributed by atoms with van der Waals surface area (Å²) in [6, 6.07) is 4.90. The lowest BCUT2D eigenvalue weighted by Gasteiger charge is -2.28. The standard InChI is InChI=1S/C12H26O5Si.C11H24O6Si.C11H22O4Si.C11H24O4Si.C10H20O5Si.C9H20O5Si.C6H17NO3Si/c1-4-15-18(16-5-2,17-6-3)9-7-8-13-10-12-11-14-12;1-5-18(15-9-6-12-2,16-10-7-13-3)17-11-8-14-4;1-12-16(13-2,14-3)7-6-9-4-5-10-11(8-9)15-10;1-4-14-16(3,15-5-2)8-6-7-12-9-11-10-13-11;1-9(2)10(11)15-7-6-8-16(12-3,13-4)14-5;1-10-15(11-2,12-3)6-4-5-13-7-9-8-14-9;1-8-11(9-2,10-3)6-4-5-7/h12H,4-11H2,1-3H3;5H,1,6-11H2,2-4H3;9-11H,4-8H2,1-3H3;11H,4-10H2,1-3H3;1,6-8H2,2-5H3;9H,4-8H2,1-3H3;4-7H2,1-3H3. The second kappa shape index (κ2) is 69.1. The summed E-state index contributed by atoms with van der Waals surface area (Å²) < 4.78 is 166. The molecule has 0 aromatic carbocycles. The lowest BCUT2D eigenvalue weighted by atomic mass is 9.88. The van der Waals surface area contributed by atoms with Gasteiger partial charge in [-0.2, -0.15) is 0 Å². The van der Waals surface area contributed by atoms with Crippen molar-refractivity contribution in [1.82, 2.24) is 0 Å². The molecule has 2 N–H and O–H groups in total. The SMILES string of the molecule is C=C(C)C(=O)OCCC[Si](OC)(OC)OC.C=C[Si](OCCOC)(OCCOC)OCCOC.CCO[Si](C)(CCCOCC1CO1)OCC.CCO[Si](CCCOCC1CO1)(OCC)OCC.CO[Si](CCC1CCC2OC2C1)(OC)OC.CO[Si](CCCN)(OC)OC.CO[Si](CCCOCC1CO1)(OC)OC. The zero-order valence-electron chi connectivity index (χ0n) is 71.8. The molecule has 1 saturated carbocycles. The van der Waals surface area contributed by atoms with Crippen molar-refractivity contribution in [2.45, 2.75) is 173 Å². The maximum Gasteiger partial charge on any atom is 0.529 e. The summed E-state index contributed by atoms with van der Waals surface area (Å²) in [6.45, 7) is 34.7. The number of fused-ring (bicyclic) bond motifs is 1. The van der Waals surface area contributed by atoms with E-state index >= 15 is 0 Å². The van der Waals surface area contributed by atoms with Crippen molar-refractivity contribution in [3.05, 3.63) is 24.4 Å². The molecule has 40 heteroatoms. The van der Waals surface area contributed by atoms with Crippen molar-refractivity contribution in [2.75, 3.05) is 252 Å². The molecule has 110 heavy (non-hydrogen) atoms. The summed E-state index contributed by atoms with van der Waals surface area (Å²) in [5, 5.41) is 0. The summed E-state index contributed by atoms with van der Waals surface area (Å²) >= 11 is 0. The minimum absolute atomic E-state index is 0.316. The third-order valence-electron chi connectivity index (χ3n) is 17.2.